The highest BCUT2D eigenvalue weighted by Crippen LogP contribution is 2.19. The first kappa shape index (κ1) is 15.2. The summed E-state index contributed by atoms with van der Waals surface area (Å²) >= 11 is 0. The number of carbonyl (C=O) groups is 1. The van der Waals surface area contributed by atoms with Gasteiger partial charge in [-0.3, -0.25) is 4.79 Å². The largest absolute Gasteiger partial charge is 0.383 e. The highest BCUT2D eigenvalue weighted by molar-refractivity contribution is 5.78. The number of carbonyl (C=O) groups excluding carboxylic acids is 1. The van der Waals surface area contributed by atoms with Crippen molar-refractivity contribution < 1.29 is 9.53 Å². The molecule has 18 heavy (non-hydrogen) atoms. The molecule has 0 bridgehead atoms. The average Bonchev–Trinajstić information content (AvgIpc) is 2.36. The van der Waals surface area contributed by atoms with Crippen LogP contribution in [0.4, 0.5) is 0 Å². The molecule has 0 saturated carbocycles. The minimum atomic E-state index is 0.0390. The molecule has 0 aromatic carbocycles. The van der Waals surface area contributed by atoms with E-state index in [2.05, 4.69) is 16.7 Å². The number of ether oxygens (including phenoxy) is 1. The number of methoxy groups -OCH3 is 1. The predicted molar refractivity (Wildman–Crippen MR) is 73.5 cm³/mol. The van der Waals surface area contributed by atoms with E-state index in [1.165, 1.54) is 25.7 Å². The van der Waals surface area contributed by atoms with Gasteiger partial charge in [0.05, 0.1) is 13.2 Å². The van der Waals surface area contributed by atoms with Gasteiger partial charge in [-0.15, -0.1) is 0 Å². The summed E-state index contributed by atoms with van der Waals surface area (Å²) in [5, 5.41) is 6.06. The van der Waals surface area contributed by atoms with Crippen LogP contribution in [0.1, 0.15) is 39.0 Å². The monoisotopic (exact) mass is 254 g/mol. The maximum atomic E-state index is 11.5. The van der Waals surface area contributed by atoms with Gasteiger partial charge in [0.15, 0.2) is 0 Å². The summed E-state index contributed by atoms with van der Waals surface area (Å²) in [5.74, 6) is 0.0390. The lowest BCUT2D eigenvalue weighted by Crippen LogP contribution is -2.41. The van der Waals surface area contributed by atoms with E-state index in [0.29, 0.717) is 13.2 Å². The van der Waals surface area contributed by atoms with Gasteiger partial charge in [0, 0.05) is 13.2 Å². The first-order valence-electron chi connectivity index (χ1n) is 6.89. The van der Waals surface area contributed by atoms with Crippen molar-refractivity contribution in [1.29, 1.82) is 0 Å². The molecule has 0 heterocycles. The molecule has 0 aromatic rings. The molecule has 1 aliphatic rings. The van der Waals surface area contributed by atoms with Crippen molar-refractivity contribution in [3.8, 4) is 0 Å². The molecule has 2 N–H and O–H groups in total. The lowest BCUT2D eigenvalue weighted by atomic mass is 9.97. The molecule has 1 aliphatic carbocycles. The molecule has 1 unspecified atom stereocenters. The van der Waals surface area contributed by atoms with Crippen LogP contribution in [0.2, 0.25) is 0 Å². The molecule has 4 nitrogen and oxygen atoms in total. The Morgan fingerprint density at radius 2 is 2.33 bits per heavy atom. The third-order valence-corrected chi connectivity index (χ3v) is 3.12. The Hall–Kier alpha value is -0.870. The smallest absolute Gasteiger partial charge is 0.234 e. The van der Waals surface area contributed by atoms with Crippen LogP contribution in [0.15, 0.2) is 11.6 Å². The van der Waals surface area contributed by atoms with Crippen LogP contribution >= 0.6 is 0 Å². The van der Waals surface area contributed by atoms with E-state index >= 15 is 0 Å². The summed E-state index contributed by atoms with van der Waals surface area (Å²) in [4.78, 5) is 11.5. The summed E-state index contributed by atoms with van der Waals surface area (Å²) in [6.45, 7) is 3.77. The third-order valence-electron chi connectivity index (χ3n) is 3.12. The molecular formula is C14H26N2O2. The quantitative estimate of drug-likeness (QED) is 0.511. The van der Waals surface area contributed by atoms with Crippen molar-refractivity contribution in [3.63, 3.8) is 0 Å². The predicted octanol–water partition coefficient (Wildman–Crippen LogP) is 1.62. The van der Waals surface area contributed by atoms with Crippen LogP contribution in [-0.4, -0.2) is 38.8 Å². The number of hydrogen-bond acceptors (Lipinski definition) is 3. The first-order valence-corrected chi connectivity index (χ1v) is 6.89. The second kappa shape index (κ2) is 9.11. The number of amides is 1. The molecule has 1 atom stereocenters. The molecule has 0 spiro atoms. The summed E-state index contributed by atoms with van der Waals surface area (Å²) in [5.41, 5.74) is 1.54. The van der Waals surface area contributed by atoms with Gasteiger partial charge in [0.1, 0.15) is 0 Å². The number of hydrogen-bond donors (Lipinski definition) is 2. The fourth-order valence-corrected chi connectivity index (χ4v) is 2.20. The van der Waals surface area contributed by atoms with Gasteiger partial charge in [-0.1, -0.05) is 11.6 Å². The van der Waals surface area contributed by atoms with Gasteiger partial charge in [0.25, 0.3) is 0 Å². The van der Waals surface area contributed by atoms with Crippen molar-refractivity contribution in [2.24, 2.45) is 0 Å². The second-order valence-electron chi connectivity index (χ2n) is 4.96. The fraction of sp³-hybridized carbons (Fsp3) is 0.786. The van der Waals surface area contributed by atoms with E-state index in [1.54, 1.807) is 12.7 Å². The minimum absolute atomic E-state index is 0.0390. The molecule has 1 amide bonds. The molecule has 0 saturated heterocycles. The van der Waals surface area contributed by atoms with Crippen molar-refractivity contribution in [1.82, 2.24) is 10.6 Å². The topological polar surface area (TPSA) is 50.4 Å². The molecule has 0 fully saturated rings. The molecule has 0 radical (unpaired) electrons. The molecule has 4 heteroatoms. The summed E-state index contributed by atoms with van der Waals surface area (Å²) in [6.07, 6.45) is 8.54. The molecule has 104 valence electrons. The van der Waals surface area contributed by atoms with Gasteiger partial charge in [-0.05, 0) is 45.6 Å². The second-order valence-corrected chi connectivity index (χ2v) is 4.96. The van der Waals surface area contributed by atoms with Gasteiger partial charge in [-0.25, -0.2) is 0 Å². The van der Waals surface area contributed by atoms with Gasteiger partial charge < -0.3 is 15.4 Å². The molecular weight excluding hydrogens is 228 g/mol. The van der Waals surface area contributed by atoms with E-state index in [0.717, 1.165) is 13.0 Å². The van der Waals surface area contributed by atoms with Crippen molar-refractivity contribution in [2.45, 2.75) is 45.1 Å². The first-order chi connectivity index (χ1) is 8.72. The highest BCUT2D eigenvalue weighted by atomic mass is 16.5. The van der Waals surface area contributed by atoms with Crippen LogP contribution < -0.4 is 10.6 Å². The number of allylic oxidation sites excluding steroid dienone is 1. The Morgan fingerprint density at radius 3 is 3.00 bits per heavy atom. The Morgan fingerprint density at radius 1 is 1.50 bits per heavy atom. The van der Waals surface area contributed by atoms with Crippen LogP contribution in [-0.2, 0) is 9.53 Å². The number of nitrogens with one attached hydrogen (secondary N) is 2. The fourth-order valence-electron chi connectivity index (χ4n) is 2.20. The van der Waals surface area contributed by atoms with Gasteiger partial charge in [-0.2, -0.15) is 0 Å². The minimum Gasteiger partial charge on any atom is -0.383 e. The Labute approximate surface area is 110 Å². The summed E-state index contributed by atoms with van der Waals surface area (Å²) in [6, 6.07) is 0.0744. The molecule has 0 aromatic heterocycles. The lowest BCUT2D eigenvalue weighted by Gasteiger charge is -2.14. The third kappa shape index (κ3) is 6.77. The van der Waals surface area contributed by atoms with Crippen molar-refractivity contribution >= 4 is 5.91 Å². The Bertz CT molecular complexity index is 277. The van der Waals surface area contributed by atoms with Crippen molar-refractivity contribution in [3.05, 3.63) is 11.6 Å². The van der Waals surface area contributed by atoms with E-state index in [1.807, 2.05) is 6.92 Å². The maximum absolute atomic E-state index is 11.5. The van der Waals surface area contributed by atoms with E-state index in [4.69, 9.17) is 4.74 Å². The normalized spacial score (nSPS) is 17.1. The van der Waals surface area contributed by atoms with Gasteiger partial charge in [0.2, 0.25) is 5.91 Å². The SMILES string of the molecule is COCC(C)NC(=O)CNCCC1=CCCCC1. The standard InChI is InChI=1S/C14H26N2O2/c1-12(11-18-2)16-14(17)10-15-9-8-13-6-4-3-5-7-13/h6,12,15H,3-5,7-11H2,1-2H3,(H,16,17). The van der Waals surface area contributed by atoms with E-state index in [-0.39, 0.29) is 11.9 Å². The highest BCUT2D eigenvalue weighted by Gasteiger charge is 2.07. The van der Waals surface area contributed by atoms with E-state index in [9.17, 15) is 4.79 Å². The summed E-state index contributed by atoms with van der Waals surface area (Å²) < 4.78 is 4.97. The van der Waals surface area contributed by atoms with Gasteiger partial charge >= 0.3 is 0 Å². The van der Waals surface area contributed by atoms with Crippen LogP contribution in [0.3, 0.4) is 0 Å². The average molecular weight is 254 g/mol. The zero-order valence-electron chi connectivity index (χ0n) is 11.6. The van der Waals surface area contributed by atoms with Crippen molar-refractivity contribution in [2.75, 3.05) is 26.8 Å². The lowest BCUT2D eigenvalue weighted by molar-refractivity contribution is -0.121. The maximum Gasteiger partial charge on any atom is 0.234 e. The Balaban J connectivity index is 2.03. The van der Waals surface area contributed by atoms with E-state index < -0.39 is 0 Å². The van der Waals surface area contributed by atoms with Crippen LogP contribution in [0, 0.1) is 0 Å². The summed E-state index contributed by atoms with van der Waals surface area (Å²) in [7, 11) is 1.64. The molecule has 1 rings (SSSR count). The zero-order chi connectivity index (χ0) is 13.2. The number of rotatable bonds is 8. The molecule has 0 aliphatic heterocycles. The Kier molecular flexibility index (Phi) is 7.69. The van der Waals surface area contributed by atoms with Crippen LogP contribution in [0.5, 0.6) is 0 Å². The van der Waals surface area contributed by atoms with Crippen LogP contribution in [0.25, 0.3) is 0 Å². The zero-order valence-corrected chi connectivity index (χ0v) is 11.6.